The lowest BCUT2D eigenvalue weighted by Gasteiger charge is -2.51. The van der Waals surface area contributed by atoms with Gasteiger partial charge in [-0.2, -0.15) is 0 Å². The summed E-state index contributed by atoms with van der Waals surface area (Å²) in [6.45, 7) is 17.3. The van der Waals surface area contributed by atoms with Gasteiger partial charge >= 0.3 is 0 Å². The van der Waals surface area contributed by atoms with Gasteiger partial charge < -0.3 is 10.2 Å². The highest BCUT2D eigenvalue weighted by Gasteiger charge is 2.60. The Balaban J connectivity index is 1.21. The maximum atomic E-state index is 4.00. The van der Waals surface area contributed by atoms with Crippen LogP contribution in [0.1, 0.15) is 96.4 Å². The van der Waals surface area contributed by atoms with Gasteiger partial charge in [0.25, 0.3) is 0 Å². The van der Waals surface area contributed by atoms with E-state index in [2.05, 4.69) is 204 Å². The van der Waals surface area contributed by atoms with E-state index in [4.69, 9.17) is 0 Å². The molecule has 2 nitrogen and oxygen atoms in total. The van der Waals surface area contributed by atoms with E-state index in [0.29, 0.717) is 0 Å². The van der Waals surface area contributed by atoms with Crippen molar-refractivity contribution in [3.05, 3.63) is 168 Å². The number of nitrogens with one attached hydrogen (secondary N) is 1. The van der Waals surface area contributed by atoms with E-state index in [1.165, 1.54) is 109 Å². The standard InChI is InChI=1S/C57H55BN2/c1-54(2,3)40-33-46-53-47(34-40)58-52-49(60(53)57(7)31-17-16-30-56(46,57)6)35-45-50(42-22-14-15-23-44(42)55(45,4)5)51(52)43-32-39(37-20-12-9-13-21-37)26-29-48(43)59-41-27-24-38(25-28-41)36-18-10-8-11-19-36/h8-15,18-29,32-35,58-59H,16-17,30-31H2,1-7H3. The highest BCUT2D eigenvalue weighted by atomic mass is 15.3. The number of nitrogens with zero attached hydrogens (tertiary/aromatic N) is 1. The van der Waals surface area contributed by atoms with Crippen LogP contribution in [0.25, 0.3) is 44.5 Å². The number of fused-ring (bicyclic) bond motifs is 8. The molecule has 0 radical (unpaired) electrons. The van der Waals surface area contributed by atoms with Crippen molar-refractivity contribution >= 4 is 41.0 Å². The first-order chi connectivity index (χ1) is 28.9. The van der Waals surface area contributed by atoms with Crippen LogP contribution in [0.5, 0.6) is 0 Å². The van der Waals surface area contributed by atoms with E-state index in [-0.39, 0.29) is 21.8 Å². The fraction of sp³-hybridized carbons (Fsp3) is 0.263. The Bertz CT molecular complexity index is 2850. The molecule has 2 atom stereocenters. The molecule has 0 spiro atoms. The highest BCUT2D eigenvalue weighted by Crippen LogP contribution is 2.63. The third kappa shape index (κ3) is 5.33. The zero-order valence-electron chi connectivity index (χ0n) is 36.3. The first-order valence-corrected chi connectivity index (χ1v) is 22.3. The molecule has 1 fully saturated rings. The van der Waals surface area contributed by atoms with Crippen LogP contribution >= 0.6 is 0 Å². The van der Waals surface area contributed by atoms with Crippen molar-refractivity contribution in [2.45, 2.75) is 95.9 Å². The van der Waals surface area contributed by atoms with Crippen LogP contribution in [-0.2, 0) is 16.2 Å². The van der Waals surface area contributed by atoms with E-state index >= 15 is 0 Å². The van der Waals surface area contributed by atoms with Crippen LogP contribution in [0.15, 0.2) is 146 Å². The molecule has 296 valence electrons. The second kappa shape index (κ2) is 13.1. The minimum atomic E-state index is -0.163. The Labute approximate surface area is 358 Å². The maximum absolute atomic E-state index is 4.00. The van der Waals surface area contributed by atoms with E-state index in [1.54, 1.807) is 5.56 Å². The van der Waals surface area contributed by atoms with Crippen LogP contribution in [0.4, 0.5) is 22.7 Å². The second-order valence-corrected chi connectivity index (χ2v) is 20.1. The molecule has 7 aromatic rings. The summed E-state index contributed by atoms with van der Waals surface area (Å²) in [5.74, 6) is 0. The van der Waals surface area contributed by atoms with E-state index in [0.717, 1.165) is 18.7 Å². The average Bonchev–Trinajstić information content (AvgIpc) is 3.61. The number of benzene rings is 7. The topological polar surface area (TPSA) is 15.3 Å². The second-order valence-electron chi connectivity index (χ2n) is 20.1. The average molecular weight is 779 g/mol. The maximum Gasteiger partial charge on any atom is 0.198 e. The number of hydrogen-bond acceptors (Lipinski definition) is 2. The summed E-state index contributed by atoms with van der Waals surface area (Å²) in [5, 5.41) is 4.00. The summed E-state index contributed by atoms with van der Waals surface area (Å²) >= 11 is 0. The van der Waals surface area contributed by atoms with Crippen molar-refractivity contribution in [3.8, 4) is 44.5 Å². The van der Waals surface area contributed by atoms with Crippen molar-refractivity contribution < 1.29 is 0 Å². The molecule has 2 unspecified atom stereocenters. The fourth-order valence-electron chi connectivity index (χ4n) is 11.8. The number of hydrogen-bond donors (Lipinski definition) is 1. The van der Waals surface area contributed by atoms with Crippen LogP contribution in [0.3, 0.4) is 0 Å². The Hall–Kier alpha value is -5.80. The summed E-state index contributed by atoms with van der Waals surface area (Å²) in [7, 11) is 0.899. The minimum absolute atomic E-state index is 0.0391. The molecule has 0 aromatic heterocycles. The summed E-state index contributed by atoms with van der Waals surface area (Å²) in [6, 6.07) is 54.8. The van der Waals surface area contributed by atoms with Crippen LogP contribution in [0, 0.1) is 0 Å². The molecule has 2 heterocycles. The minimum Gasteiger partial charge on any atom is -0.355 e. The first kappa shape index (κ1) is 37.2. The summed E-state index contributed by atoms with van der Waals surface area (Å²) in [5.41, 5.74) is 24.2. The molecule has 4 aliphatic rings. The number of rotatable bonds is 5. The van der Waals surface area contributed by atoms with Gasteiger partial charge in [0.05, 0.1) is 5.54 Å². The largest absolute Gasteiger partial charge is 0.355 e. The third-order valence-electron chi connectivity index (χ3n) is 15.4. The Morgan fingerprint density at radius 3 is 1.92 bits per heavy atom. The third-order valence-corrected chi connectivity index (χ3v) is 15.4. The van der Waals surface area contributed by atoms with Gasteiger partial charge in [0.2, 0.25) is 0 Å². The smallest absolute Gasteiger partial charge is 0.198 e. The molecule has 2 aliphatic heterocycles. The molecule has 0 bridgehead atoms. The van der Waals surface area contributed by atoms with Crippen LogP contribution in [0.2, 0.25) is 0 Å². The zero-order valence-corrected chi connectivity index (χ0v) is 36.3. The summed E-state index contributed by atoms with van der Waals surface area (Å²) < 4.78 is 0. The van der Waals surface area contributed by atoms with Crippen LogP contribution < -0.4 is 21.1 Å². The van der Waals surface area contributed by atoms with Gasteiger partial charge in [-0.3, -0.25) is 0 Å². The predicted molar refractivity (Wildman–Crippen MR) is 258 cm³/mol. The molecule has 3 heteroatoms. The SMILES string of the molecule is CC(C)(C)c1cc2c3c(c1)C1(C)CCCCC1(C)N3c1cc3c(c(-c4cc(-c5ccccc5)ccc4Nc4ccc(-c5ccccc5)cc4)c1B2)-c1ccccc1C3(C)C. The molecule has 60 heavy (non-hydrogen) atoms. The molecule has 1 N–H and O–H groups in total. The van der Waals surface area contributed by atoms with E-state index in [9.17, 15) is 0 Å². The molecule has 0 amide bonds. The van der Waals surface area contributed by atoms with Gasteiger partial charge in [-0.15, -0.1) is 0 Å². The Kier molecular flexibility index (Phi) is 8.13. The van der Waals surface area contributed by atoms with Crippen molar-refractivity contribution in [3.63, 3.8) is 0 Å². The lowest BCUT2D eigenvalue weighted by atomic mass is 9.56. The van der Waals surface area contributed by atoms with Gasteiger partial charge in [0, 0.05) is 39.1 Å². The van der Waals surface area contributed by atoms with E-state index in [1.807, 2.05) is 0 Å². The predicted octanol–water partition coefficient (Wildman–Crippen LogP) is 13.5. The van der Waals surface area contributed by atoms with Crippen molar-refractivity contribution in [2.24, 2.45) is 0 Å². The van der Waals surface area contributed by atoms with Crippen molar-refractivity contribution in [1.29, 1.82) is 0 Å². The lowest BCUT2D eigenvalue weighted by Crippen LogP contribution is -2.57. The molecular weight excluding hydrogens is 723 g/mol. The summed E-state index contributed by atoms with van der Waals surface area (Å²) in [4.78, 5) is 2.89. The molecule has 2 aliphatic carbocycles. The van der Waals surface area contributed by atoms with Crippen molar-refractivity contribution in [1.82, 2.24) is 0 Å². The Morgan fingerprint density at radius 1 is 0.567 bits per heavy atom. The fourth-order valence-corrected chi connectivity index (χ4v) is 11.8. The van der Waals surface area contributed by atoms with Crippen LogP contribution in [-0.4, -0.2) is 12.8 Å². The van der Waals surface area contributed by atoms with E-state index < -0.39 is 0 Å². The molecular formula is C57H55BN2. The Morgan fingerprint density at radius 2 is 1.20 bits per heavy atom. The zero-order chi connectivity index (χ0) is 41.2. The normalized spacial score (nSPS) is 20.4. The number of anilines is 4. The monoisotopic (exact) mass is 778 g/mol. The van der Waals surface area contributed by atoms with Gasteiger partial charge in [0.15, 0.2) is 7.28 Å². The molecule has 0 saturated heterocycles. The first-order valence-electron chi connectivity index (χ1n) is 22.3. The van der Waals surface area contributed by atoms with Gasteiger partial charge in [0.1, 0.15) is 0 Å². The quantitative estimate of drug-likeness (QED) is 0.175. The molecule has 7 aromatic carbocycles. The molecule has 1 saturated carbocycles. The summed E-state index contributed by atoms with van der Waals surface area (Å²) in [6.07, 6.45) is 4.96. The van der Waals surface area contributed by atoms with Gasteiger partial charge in [-0.25, -0.2) is 0 Å². The van der Waals surface area contributed by atoms with Crippen molar-refractivity contribution in [2.75, 3.05) is 10.2 Å². The van der Waals surface area contributed by atoms with Gasteiger partial charge in [-0.1, -0.05) is 175 Å². The van der Waals surface area contributed by atoms with Gasteiger partial charge in [-0.05, 0) is 122 Å². The molecule has 11 rings (SSSR count). The highest BCUT2D eigenvalue weighted by molar-refractivity contribution is 6.73. The lowest BCUT2D eigenvalue weighted by molar-refractivity contribution is 0.195.